The topological polar surface area (TPSA) is 91.3 Å². The number of Topliss-reactive ketones (excluding diaryl/α,β-unsaturated/α-hetero) is 2. The van der Waals surface area contributed by atoms with Gasteiger partial charge in [0.2, 0.25) is 0 Å². The Labute approximate surface area is 233 Å². The molecule has 0 aromatic heterocycles. The zero-order valence-electron chi connectivity index (χ0n) is 20.9. The summed E-state index contributed by atoms with van der Waals surface area (Å²) in [4.78, 5) is 22.5. The molecule has 256 valence electrons. The van der Waals surface area contributed by atoms with Gasteiger partial charge in [0.05, 0.1) is 12.8 Å². The van der Waals surface area contributed by atoms with Crippen molar-refractivity contribution >= 4 is 32.6 Å². The van der Waals surface area contributed by atoms with E-state index in [1.807, 2.05) is 0 Å². The van der Waals surface area contributed by atoms with Crippen molar-refractivity contribution in [3.8, 4) is 0 Å². The van der Waals surface area contributed by atoms with Crippen LogP contribution >= 0.6 is 0 Å². The van der Waals surface area contributed by atoms with Crippen LogP contribution in [0, 0.1) is 0 Å². The van der Waals surface area contributed by atoms with Crippen LogP contribution in [-0.2, 0) is 30.6 Å². The summed E-state index contributed by atoms with van der Waals surface area (Å²) in [5.74, 6) is -48.7. The molecule has 0 amide bonds. The van der Waals surface area contributed by atoms with Crippen molar-refractivity contribution in [3.63, 3.8) is 0 Å². The van der Waals surface area contributed by atoms with Crippen LogP contribution in [0.3, 0.4) is 0 Å². The average molecular weight is 714 g/mol. The monoisotopic (exact) mass is 714 g/mol. The van der Waals surface area contributed by atoms with Crippen LogP contribution in [0.25, 0.3) is 0 Å². The highest BCUT2D eigenvalue weighted by atomic mass is 32.2. The Morgan fingerprint density at radius 3 is 1.37 bits per heavy atom. The summed E-state index contributed by atoms with van der Waals surface area (Å²) in [5, 5.41) is -7.95. The van der Waals surface area contributed by atoms with Gasteiger partial charge in [-0.2, -0.15) is 74.6 Å². The highest BCUT2D eigenvalue weighted by Crippen LogP contribution is 2.64. The molecule has 0 aromatic rings. The average Bonchev–Trinajstić information content (AvgIpc) is 2.82. The van der Waals surface area contributed by atoms with E-state index in [0.29, 0.717) is 24.4 Å². The predicted molar refractivity (Wildman–Crippen MR) is 111 cm³/mol. The van der Waals surface area contributed by atoms with Gasteiger partial charge in [-0.1, -0.05) is 13.3 Å². The maximum atomic E-state index is 13.0. The quantitative estimate of drug-likeness (QED) is 0.136. The molecular formula is C19H19F17O5S2. The van der Waals surface area contributed by atoms with E-state index in [1.54, 1.807) is 0 Å². The minimum Gasteiger partial charge on any atom is -0.743 e. The van der Waals surface area contributed by atoms with Crippen LogP contribution in [0.1, 0.15) is 39.0 Å². The third-order valence-electron chi connectivity index (χ3n) is 5.52. The third kappa shape index (κ3) is 7.63. The molecule has 0 aliphatic carbocycles. The molecule has 0 atom stereocenters. The zero-order valence-corrected chi connectivity index (χ0v) is 22.6. The molecule has 5 nitrogen and oxygen atoms in total. The Kier molecular flexibility index (Phi) is 12.5. The van der Waals surface area contributed by atoms with Crippen LogP contribution in [0.5, 0.6) is 0 Å². The van der Waals surface area contributed by atoms with Crippen molar-refractivity contribution in [3.05, 3.63) is 0 Å². The van der Waals surface area contributed by atoms with E-state index >= 15 is 0 Å². The second kappa shape index (κ2) is 13.0. The summed E-state index contributed by atoms with van der Waals surface area (Å²) in [6.45, 7) is 2.11. The van der Waals surface area contributed by atoms with E-state index in [1.165, 1.54) is 0 Å². The number of alkyl halides is 17. The maximum Gasteiger partial charge on any atom is 0.460 e. The van der Waals surface area contributed by atoms with Crippen molar-refractivity contribution in [1.29, 1.82) is 0 Å². The minimum absolute atomic E-state index is 0.231. The molecule has 0 spiro atoms. The SMILES string of the molecule is CCCCC(=O)C[S+]1CCC(=O)CC1.O=S(=O)([O-])C(F)(F)C(F)(F)C(F)(F)C(F)(F)C(F)(F)C(F)(F)C(F)(F)C(F)(F)F. The standard InChI is InChI=1S/C11H19O2S.C8HF17O3S/c1-2-3-4-11(13)9-14-7-5-10(12)6-8-14;9-1(10,3(13,14)5(17,18)7(21,22)23)2(11,12)4(15,16)6(19,20)8(24,25)29(26,27)28/h2-9H2,1H3;(H,26,27,28)/q+1;/p-1. The molecule has 0 radical (unpaired) electrons. The van der Waals surface area contributed by atoms with E-state index in [-0.39, 0.29) is 10.9 Å². The lowest BCUT2D eigenvalue weighted by molar-refractivity contribution is -0.458. The molecule has 0 N–H and O–H groups in total. The summed E-state index contributed by atoms with van der Waals surface area (Å²) < 4.78 is 244. The van der Waals surface area contributed by atoms with Gasteiger partial charge in [-0.05, 0) is 17.3 Å². The first-order valence-electron chi connectivity index (χ1n) is 11.1. The molecule has 1 rings (SSSR count). The Morgan fingerprint density at radius 2 is 1.05 bits per heavy atom. The first kappa shape index (κ1) is 41.4. The lowest BCUT2D eigenvalue weighted by Crippen LogP contribution is -2.75. The van der Waals surface area contributed by atoms with Crippen molar-refractivity contribution < 1.29 is 97.2 Å². The van der Waals surface area contributed by atoms with Crippen LogP contribution in [0.2, 0.25) is 0 Å². The Hall–Kier alpha value is -1.59. The molecule has 24 heteroatoms. The molecule has 0 saturated carbocycles. The number of carbonyl (C=O) groups is 2. The van der Waals surface area contributed by atoms with Crippen molar-refractivity contribution in [2.24, 2.45) is 0 Å². The van der Waals surface area contributed by atoms with Crippen molar-refractivity contribution in [1.82, 2.24) is 0 Å². The first-order chi connectivity index (χ1) is 18.7. The van der Waals surface area contributed by atoms with Gasteiger partial charge in [0.1, 0.15) is 17.3 Å². The number of unbranched alkanes of at least 4 members (excludes halogenated alkanes) is 1. The zero-order chi connectivity index (χ0) is 34.9. The second-order valence-corrected chi connectivity index (χ2v) is 12.5. The molecule has 1 fully saturated rings. The molecule has 0 unspecified atom stereocenters. The van der Waals surface area contributed by atoms with Crippen LogP contribution in [0.15, 0.2) is 0 Å². The van der Waals surface area contributed by atoms with Crippen LogP contribution in [0.4, 0.5) is 74.6 Å². The highest BCUT2D eigenvalue weighted by molar-refractivity contribution is 7.97. The molecule has 43 heavy (non-hydrogen) atoms. The summed E-state index contributed by atoms with van der Waals surface area (Å²) in [6.07, 6.45) is -3.61. The van der Waals surface area contributed by atoms with Crippen LogP contribution in [-0.4, -0.2) is 88.8 Å². The number of rotatable bonds is 12. The van der Waals surface area contributed by atoms with Crippen molar-refractivity contribution in [2.45, 2.75) is 86.0 Å². The molecular weight excluding hydrogens is 695 g/mol. The number of carbonyl (C=O) groups excluding carboxylic acids is 2. The van der Waals surface area contributed by atoms with Gasteiger partial charge < -0.3 is 4.55 Å². The van der Waals surface area contributed by atoms with Crippen molar-refractivity contribution in [2.75, 3.05) is 17.3 Å². The first-order valence-corrected chi connectivity index (χ1v) is 14.2. The summed E-state index contributed by atoms with van der Waals surface area (Å²) in [6, 6.07) is 0. The minimum atomic E-state index is -8.92. The van der Waals surface area contributed by atoms with E-state index in [2.05, 4.69) is 6.92 Å². The molecule has 1 saturated heterocycles. The largest absolute Gasteiger partial charge is 0.743 e. The fraction of sp³-hybridized carbons (Fsp3) is 0.895. The van der Waals surface area contributed by atoms with E-state index in [0.717, 1.165) is 36.5 Å². The summed E-state index contributed by atoms with van der Waals surface area (Å²) in [7, 11) is -7.91. The Bertz CT molecular complexity index is 1090. The summed E-state index contributed by atoms with van der Waals surface area (Å²) >= 11 is 0. The van der Waals surface area contributed by atoms with E-state index < -0.39 is 57.1 Å². The normalized spacial score (nSPS) is 17.4. The Balaban J connectivity index is 0.00000104. The molecule has 0 aromatic carbocycles. The van der Waals surface area contributed by atoms with Gasteiger partial charge in [-0.3, -0.25) is 9.59 Å². The smallest absolute Gasteiger partial charge is 0.460 e. The predicted octanol–water partition coefficient (Wildman–Crippen LogP) is 6.23. The van der Waals surface area contributed by atoms with E-state index in [9.17, 15) is 97.2 Å². The van der Waals surface area contributed by atoms with Gasteiger partial charge in [-0.15, -0.1) is 0 Å². The van der Waals surface area contributed by atoms with Gasteiger partial charge in [0, 0.05) is 6.42 Å². The molecule has 1 aliphatic heterocycles. The van der Waals surface area contributed by atoms with E-state index in [4.69, 9.17) is 0 Å². The third-order valence-corrected chi connectivity index (χ3v) is 8.70. The number of halogens is 17. The highest BCUT2D eigenvalue weighted by Gasteiger charge is 2.95. The molecule has 1 aliphatic rings. The van der Waals surface area contributed by atoms with Crippen LogP contribution < -0.4 is 0 Å². The van der Waals surface area contributed by atoms with Gasteiger partial charge in [0.15, 0.2) is 21.7 Å². The van der Waals surface area contributed by atoms with Gasteiger partial charge >= 0.3 is 47.0 Å². The lowest BCUT2D eigenvalue weighted by Gasteiger charge is -2.42. The molecule has 1 heterocycles. The fourth-order valence-electron chi connectivity index (χ4n) is 2.87. The fourth-order valence-corrected chi connectivity index (χ4v) is 5.44. The number of hydrogen-bond acceptors (Lipinski definition) is 5. The van der Waals surface area contributed by atoms with Gasteiger partial charge in [0.25, 0.3) is 0 Å². The number of ketones is 2. The second-order valence-electron chi connectivity index (χ2n) is 8.76. The van der Waals surface area contributed by atoms with Gasteiger partial charge in [-0.25, -0.2) is 8.42 Å². The maximum absolute atomic E-state index is 13.0. The Morgan fingerprint density at radius 1 is 0.698 bits per heavy atom. The summed E-state index contributed by atoms with van der Waals surface area (Å²) in [5.41, 5.74) is 0. The number of hydrogen-bond donors (Lipinski definition) is 0. The lowest BCUT2D eigenvalue weighted by atomic mass is 9.91. The molecule has 0 bridgehead atoms.